The fourth-order valence-corrected chi connectivity index (χ4v) is 6.60. The number of hydrogen-bond donors (Lipinski definition) is 2. The molecule has 14 heteroatoms. The molecule has 0 radical (unpaired) electrons. The van der Waals surface area contributed by atoms with Crippen molar-refractivity contribution in [2.24, 2.45) is 5.92 Å². The molecule has 0 bridgehead atoms. The second-order valence-electron chi connectivity index (χ2n) is 13.2. The number of nitrogens with zero attached hydrogens (tertiary/aromatic N) is 6. The van der Waals surface area contributed by atoms with Crippen LogP contribution in [0.3, 0.4) is 0 Å². The molecule has 0 amide bonds. The van der Waals surface area contributed by atoms with Gasteiger partial charge < -0.3 is 20.1 Å². The zero-order valence-corrected chi connectivity index (χ0v) is 28.3. The van der Waals surface area contributed by atoms with Crippen LogP contribution in [-0.2, 0) is 16.8 Å². The van der Waals surface area contributed by atoms with Crippen molar-refractivity contribution < 1.29 is 27.8 Å². The van der Waals surface area contributed by atoms with Gasteiger partial charge in [0.2, 0.25) is 5.95 Å². The molecule has 3 aliphatic rings. The third-order valence-corrected chi connectivity index (χ3v) is 9.60. The minimum absolute atomic E-state index is 0.314. The van der Waals surface area contributed by atoms with Crippen molar-refractivity contribution in [2.45, 2.75) is 44.5 Å². The number of rotatable bonds is 9. The van der Waals surface area contributed by atoms with Gasteiger partial charge in [0, 0.05) is 68.5 Å². The number of aromatic nitrogens is 2. The van der Waals surface area contributed by atoms with Crippen LogP contribution < -0.4 is 15.0 Å². The Labute approximate surface area is 289 Å². The first kappa shape index (κ1) is 36.3. The number of carboxylic acid groups (broad SMARTS) is 1. The highest BCUT2D eigenvalue weighted by Crippen LogP contribution is 2.34. The maximum Gasteiger partial charge on any atom is 0.490 e. The van der Waals surface area contributed by atoms with Gasteiger partial charge in [0.05, 0.1) is 17.3 Å². The van der Waals surface area contributed by atoms with Crippen LogP contribution in [0.5, 0.6) is 5.75 Å². The molecule has 1 unspecified atom stereocenters. The molecule has 10 nitrogen and oxygen atoms in total. The Morgan fingerprint density at radius 2 is 1.78 bits per heavy atom. The molecule has 1 atom stereocenters. The standard InChI is InChI=1S/C33H40ClN7O.C2HF3O2/c1-33(2,27-15-25(18-35)16-28(34)17-27)26-3-5-31(6-4-26)42-23-29-8-10-37-32(38-29)41-13-11-40(12-14-41)30-21-39(22-30)20-24-7-9-36-19-24;3-2(4,5)1(6)7/h3-6,8,10,15-17,24,30,36H,7,9,11-14,19-23H2,1-2H3;(H,6,7). The Bertz CT molecular complexity index is 1610. The Morgan fingerprint density at radius 1 is 1.08 bits per heavy atom. The second-order valence-corrected chi connectivity index (χ2v) is 13.6. The van der Waals surface area contributed by atoms with Crippen molar-refractivity contribution in [3.63, 3.8) is 0 Å². The van der Waals surface area contributed by atoms with Crippen LogP contribution in [0, 0.1) is 17.2 Å². The number of benzene rings is 2. The van der Waals surface area contributed by atoms with E-state index in [1.807, 2.05) is 36.5 Å². The van der Waals surface area contributed by atoms with E-state index < -0.39 is 12.1 Å². The van der Waals surface area contributed by atoms with E-state index in [4.69, 9.17) is 31.2 Å². The van der Waals surface area contributed by atoms with Crippen LogP contribution in [0.4, 0.5) is 19.1 Å². The SMILES string of the molecule is CC(C)(c1ccc(OCc2ccnc(N3CCN(C4CN(CC5CCNC5)C4)CC3)n2)cc1)c1cc(Cl)cc(C#N)c1.O=C(O)C(F)(F)F. The van der Waals surface area contributed by atoms with E-state index in [0.29, 0.717) is 23.2 Å². The van der Waals surface area contributed by atoms with Gasteiger partial charge in [0.25, 0.3) is 0 Å². The van der Waals surface area contributed by atoms with E-state index >= 15 is 0 Å². The van der Waals surface area contributed by atoms with Gasteiger partial charge >= 0.3 is 12.1 Å². The van der Waals surface area contributed by atoms with Crippen LogP contribution in [-0.4, -0.2) is 102 Å². The van der Waals surface area contributed by atoms with Gasteiger partial charge in [-0.1, -0.05) is 37.6 Å². The first-order chi connectivity index (χ1) is 23.3. The first-order valence-corrected chi connectivity index (χ1v) is 16.7. The highest BCUT2D eigenvalue weighted by atomic mass is 35.5. The number of alkyl halides is 3. The van der Waals surface area contributed by atoms with Crippen molar-refractivity contribution in [3.8, 4) is 11.8 Å². The summed E-state index contributed by atoms with van der Waals surface area (Å²) in [5.74, 6) is -0.351. The topological polar surface area (TPSA) is 118 Å². The van der Waals surface area contributed by atoms with Gasteiger partial charge in [-0.3, -0.25) is 9.80 Å². The average molecular weight is 700 g/mol. The molecule has 6 rings (SSSR count). The number of halogens is 4. The minimum Gasteiger partial charge on any atom is -0.487 e. The van der Waals surface area contributed by atoms with Gasteiger partial charge in [0.1, 0.15) is 12.4 Å². The van der Waals surface area contributed by atoms with E-state index in [2.05, 4.69) is 57.0 Å². The second kappa shape index (κ2) is 15.7. The molecular weight excluding hydrogens is 659 g/mol. The summed E-state index contributed by atoms with van der Waals surface area (Å²) in [6.07, 6.45) is -1.92. The molecule has 0 spiro atoms. The molecular formula is C35H41ClF3N7O3. The molecule has 3 aliphatic heterocycles. The number of carboxylic acids is 1. The summed E-state index contributed by atoms with van der Waals surface area (Å²) in [7, 11) is 0. The summed E-state index contributed by atoms with van der Waals surface area (Å²) in [6.45, 7) is 14.7. The van der Waals surface area contributed by atoms with Crippen LogP contribution in [0.1, 0.15) is 42.7 Å². The smallest absolute Gasteiger partial charge is 0.487 e. The number of ether oxygens (including phenoxy) is 1. The molecule has 262 valence electrons. The third kappa shape index (κ3) is 9.60. The van der Waals surface area contributed by atoms with Crippen molar-refractivity contribution in [1.82, 2.24) is 25.1 Å². The van der Waals surface area contributed by atoms with Crippen LogP contribution in [0.25, 0.3) is 0 Å². The van der Waals surface area contributed by atoms with Crippen molar-refractivity contribution in [2.75, 3.05) is 63.8 Å². The predicted molar refractivity (Wildman–Crippen MR) is 180 cm³/mol. The Kier molecular flexibility index (Phi) is 11.7. The number of nitriles is 1. The first-order valence-electron chi connectivity index (χ1n) is 16.3. The average Bonchev–Trinajstić information content (AvgIpc) is 3.59. The molecule has 49 heavy (non-hydrogen) atoms. The summed E-state index contributed by atoms with van der Waals surface area (Å²) < 4.78 is 37.8. The molecule has 4 heterocycles. The van der Waals surface area contributed by atoms with Gasteiger partial charge in [-0.15, -0.1) is 0 Å². The molecule has 0 saturated carbocycles. The predicted octanol–water partition coefficient (Wildman–Crippen LogP) is 4.96. The molecule has 3 fully saturated rings. The third-order valence-electron chi connectivity index (χ3n) is 9.38. The van der Waals surface area contributed by atoms with E-state index in [0.717, 1.165) is 60.6 Å². The van der Waals surface area contributed by atoms with Gasteiger partial charge in [-0.25, -0.2) is 14.8 Å². The highest BCUT2D eigenvalue weighted by molar-refractivity contribution is 6.30. The highest BCUT2D eigenvalue weighted by Gasteiger charge is 2.38. The van der Waals surface area contributed by atoms with Crippen molar-refractivity contribution in [1.29, 1.82) is 5.26 Å². The number of carbonyl (C=O) groups is 1. The van der Waals surface area contributed by atoms with Crippen LogP contribution in [0.2, 0.25) is 5.02 Å². The van der Waals surface area contributed by atoms with Crippen LogP contribution >= 0.6 is 11.6 Å². The Hall–Kier alpha value is -3.96. The quantitative estimate of drug-likeness (QED) is 0.318. The van der Waals surface area contributed by atoms with Gasteiger partial charge in [-0.05, 0) is 73.0 Å². The van der Waals surface area contributed by atoms with E-state index in [1.54, 1.807) is 6.07 Å². The fourth-order valence-electron chi connectivity index (χ4n) is 6.37. The van der Waals surface area contributed by atoms with E-state index in [-0.39, 0.29) is 5.41 Å². The van der Waals surface area contributed by atoms with E-state index in [9.17, 15) is 18.4 Å². The normalized spacial score (nSPS) is 19.0. The molecule has 2 aromatic carbocycles. The number of hydrogen-bond acceptors (Lipinski definition) is 9. The van der Waals surface area contributed by atoms with Crippen LogP contribution in [0.15, 0.2) is 54.7 Å². The number of anilines is 1. The van der Waals surface area contributed by atoms with Gasteiger partial charge in [-0.2, -0.15) is 18.4 Å². The summed E-state index contributed by atoms with van der Waals surface area (Å²) >= 11 is 6.27. The maximum atomic E-state index is 10.6. The minimum atomic E-state index is -5.08. The number of piperazine rings is 1. The van der Waals surface area contributed by atoms with Crippen molar-refractivity contribution >= 4 is 23.5 Å². The lowest BCUT2D eigenvalue weighted by Gasteiger charge is -2.48. The summed E-state index contributed by atoms with van der Waals surface area (Å²) in [6, 6.07) is 18.4. The zero-order valence-electron chi connectivity index (χ0n) is 27.6. The maximum absolute atomic E-state index is 10.6. The molecule has 1 aromatic heterocycles. The largest absolute Gasteiger partial charge is 0.490 e. The van der Waals surface area contributed by atoms with E-state index in [1.165, 1.54) is 39.1 Å². The molecule has 3 saturated heterocycles. The number of likely N-dealkylation sites (tertiary alicyclic amines) is 1. The molecule has 2 N–H and O–H groups in total. The lowest BCUT2D eigenvalue weighted by Crippen LogP contribution is -2.63. The zero-order chi connectivity index (χ0) is 35.2. The van der Waals surface area contributed by atoms with Crippen molar-refractivity contribution in [3.05, 3.63) is 82.1 Å². The fraction of sp³-hybridized carbons (Fsp3) is 0.486. The molecule has 0 aliphatic carbocycles. The lowest BCUT2D eigenvalue weighted by atomic mass is 9.78. The lowest BCUT2D eigenvalue weighted by molar-refractivity contribution is -0.192. The number of nitrogens with one attached hydrogen (secondary N) is 1. The summed E-state index contributed by atoms with van der Waals surface area (Å²) in [5.41, 5.74) is 3.23. The summed E-state index contributed by atoms with van der Waals surface area (Å²) in [4.78, 5) is 25.9. The monoisotopic (exact) mass is 699 g/mol. The molecule has 3 aromatic rings. The number of aliphatic carboxylic acids is 1. The van der Waals surface area contributed by atoms with Gasteiger partial charge in [0.15, 0.2) is 0 Å². The Balaban J connectivity index is 0.000000606. The Morgan fingerprint density at radius 3 is 2.39 bits per heavy atom. The summed E-state index contributed by atoms with van der Waals surface area (Å²) in [5, 5.41) is 20.5.